The molecule has 0 amide bonds. The fourth-order valence-corrected chi connectivity index (χ4v) is 0. The molecule has 0 aliphatic carbocycles. The van der Waals surface area contributed by atoms with Crippen LogP contribution in [0.4, 0.5) is 38.1 Å². The second kappa shape index (κ2) is 5.51. The SMILES string of the molecule is F[As-](F)(F)(F)(F)F.F[B-](F)(F)F.[Na+].[Na+]. The van der Waals surface area contributed by atoms with Crippen molar-refractivity contribution < 1.29 is 97.2 Å². The van der Waals surface area contributed by atoms with Crippen LogP contribution in [0, 0.1) is 0 Å². The molecule has 0 rings (SSSR count). The molecule has 0 aliphatic heterocycles. The molecule has 0 saturated carbocycles. The molecule has 0 aromatic carbocycles. The Hall–Kier alpha value is 1.92. The molecule has 0 radical (unpaired) electrons. The molecular formula is AsBF10Na2. The van der Waals surface area contributed by atoms with Crippen LogP contribution in [0.5, 0.6) is 0 Å². The van der Waals surface area contributed by atoms with Crippen molar-refractivity contribution in [1.82, 2.24) is 0 Å². The van der Waals surface area contributed by atoms with Crippen molar-refractivity contribution >= 4 is 21.4 Å². The van der Waals surface area contributed by atoms with Crippen LogP contribution in [-0.4, -0.2) is 21.4 Å². The zero-order valence-electron chi connectivity index (χ0n) is 6.80. The Balaban J connectivity index is -0.0000000651. The van der Waals surface area contributed by atoms with Crippen molar-refractivity contribution in [3.05, 3.63) is 0 Å². The van der Waals surface area contributed by atoms with Crippen LogP contribution in [0.1, 0.15) is 0 Å². The number of rotatable bonds is 0. The summed E-state index contributed by atoms with van der Waals surface area (Å²) in [5.41, 5.74) is 0. The Bertz CT molecular complexity index is 128. The van der Waals surface area contributed by atoms with Crippen LogP contribution in [0.25, 0.3) is 0 Å². The van der Waals surface area contributed by atoms with E-state index in [1.54, 1.807) is 0 Å². The van der Waals surface area contributed by atoms with E-state index in [-0.39, 0.29) is 59.1 Å². The standard InChI is InChI=1S/AsF6.BF4.2Na/c2-1(3,4,5,6)7;2-1(3,4)5;;/q2*-1;2*+1. The molecule has 0 fully saturated rings. The molecule has 0 nitrogen and oxygen atoms in total. The minimum atomic E-state index is -11.1. The first-order chi connectivity index (χ1) is 4.45. The zero-order chi connectivity index (χ0) is 10.9. The largest absolute Gasteiger partial charge is 1.00 e. The van der Waals surface area contributed by atoms with Crippen molar-refractivity contribution in [3.63, 3.8) is 0 Å². The summed E-state index contributed by atoms with van der Waals surface area (Å²) < 4.78 is 98.4. The molecule has 0 spiro atoms. The maximum atomic E-state index is 9.91. The van der Waals surface area contributed by atoms with Gasteiger partial charge in [-0.15, -0.1) is 0 Å². The third kappa shape index (κ3) is 629. The first kappa shape index (κ1) is 24.9. The number of halogens is 10. The monoisotopic (exact) mass is 322 g/mol. The molecule has 80 valence electrons. The van der Waals surface area contributed by atoms with Gasteiger partial charge >= 0.3 is 101 Å². The molecule has 14 heavy (non-hydrogen) atoms. The molecule has 0 aliphatic rings. The van der Waals surface area contributed by atoms with Gasteiger partial charge in [-0.25, -0.2) is 0 Å². The Labute approximate surface area is 117 Å². The van der Waals surface area contributed by atoms with E-state index in [0.29, 0.717) is 0 Å². The van der Waals surface area contributed by atoms with Gasteiger partial charge in [0, 0.05) is 0 Å². The summed E-state index contributed by atoms with van der Waals surface area (Å²) in [7, 11) is -6.00. The van der Waals surface area contributed by atoms with Crippen LogP contribution >= 0.6 is 0 Å². The number of hydrogen-bond donors (Lipinski definition) is 0. The maximum absolute atomic E-state index is 11.1. The van der Waals surface area contributed by atoms with Gasteiger partial charge in [0.2, 0.25) is 0 Å². The molecule has 0 aromatic heterocycles. The topological polar surface area (TPSA) is 0 Å². The van der Waals surface area contributed by atoms with E-state index in [9.17, 15) is 38.1 Å². The van der Waals surface area contributed by atoms with Crippen LogP contribution in [-0.2, 0) is 0 Å². The predicted octanol–water partition coefficient (Wildman–Crippen LogP) is -2.55. The molecule has 0 unspecified atom stereocenters. The van der Waals surface area contributed by atoms with Gasteiger partial charge in [0.1, 0.15) is 0 Å². The minimum absolute atomic E-state index is 0. The van der Waals surface area contributed by atoms with Crippen molar-refractivity contribution in [2.45, 2.75) is 0 Å². The van der Waals surface area contributed by atoms with Gasteiger partial charge in [0.05, 0.1) is 0 Å². The summed E-state index contributed by atoms with van der Waals surface area (Å²) in [6, 6.07) is 0. The average molecular weight is 322 g/mol. The second-order valence-electron chi connectivity index (χ2n) is 1.45. The fraction of sp³-hybridized carbons (Fsp3) is 0. The fourth-order valence-electron chi connectivity index (χ4n) is 0. The van der Waals surface area contributed by atoms with Crippen molar-refractivity contribution in [2.24, 2.45) is 0 Å². The third-order valence-electron chi connectivity index (χ3n) is 0. The van der Waals surface area contributed by atoms with E-state index in [1.807, 2.05) is 0 Å². The van der Waals surface area contributed by atoms with Crippen LogP contribution in [0.15, 0.2) is 0 Å². The van der Waals surface area contributed by atoms with Crippen molar-refractivity contribution in [3.8, 4) is 0 Å². The van der Waals surface area contributed by atoms with E-state index >= 15 is 0 Å². The first-order valence-corrected chi connectivity index (χ1v) is 6.14. The normalized spacial score (nSPS) is 15.9. The molecular weight excluding hydrogens is 322 g/mol. The maximum Gasteiger partial charge on any atom is 1.00 e. The van der Waals surface area contributed by atoms with E-state index < -0.39 is 21.4 Å². The zero-order valence-corrected chi connectivity index (χ0v) is 12.7. The smallest absolute Gasteiger partial charge is 0.418 e. The van der Waals surface area contributed by atoms with Gasteiger partial charge in [-0.2, -0.15) is 0 Å². The van der Waals surface area contributed by atoms with Gasteiger partial charge in [0.25, 0.3) is 0 Å². The van der Waals surface area contributed by atoms with Crippen LogP contribution in [0.2, 0.25) is 0 Å². The summed E-state index contributed by atoms with van der Waals surface area (Å²) in [5, 5.41) is 0. The van der Waals surface area contributed by atoms with E-state index in [1.165, 1.54) is 0 Å². The summed E-state index contributed by atoms with van der Waals surface area (Å²) in [4.78, 5) is 0. The van der Waals surface area contributed by atoms with Gasteiger partial charge in [0.15, 0.2) is 0 Å². The van der Waals surface area contributed by atoms with Crippen LogP contribution < -0.4 is 59.1 Å². The first-order valence-electron chi connectivity index (χ1n) is 1.89. The van der Waals surface area contributed by atoms with Gasteiger partial charge < -0.3 is 17.3 Å². The van der Waals surface area contributed by atoms with E-state index in [4.69, 9.17) is 0 Å². The molecule has 0 atom stereocenters. The van der Waals surface area contributed by atoms with Crippen LogP contribution in [0.3, 0.4) is 0 Å². The van der Waals surface area contributed by atoms with Gasteiger partial charge in [-0.1, -0.05) is 0 Å². The Kier molecular flexibility index (Phi) is 9.81. The quantitative estimate of drug-likeness (QED) is 0.340. The Morgan fingerprint density at radius 2 is 0.571 bits per heavy atom. The Morgan fingerprint density at radius 3 is 0.571 bits per heavy atom. The summed E-state index contributed by atoms with van der Waals surface area (Å²) in [5.74, 6) is 0. The molecule has 0 heterocycles. The average Bonchev–Trinajstić information content (AvgIpc) is 1.04. The van der Waals surface area contributed by atoms with E-state index in [2.05, 4.69) is 0 Å². The summed E-state index contributed by atoms with van der Waals surface area (Å²) in [6.07, 6.45) is 0. The molecule has 0 saturated heterocycles. The third-order valence-corrected chi connectivity index (χ3v) is 0. The van der Waals surface area contributed by atoms with Crippen molar-refractivity contribution in [1.29, 1.82) is 0 Å². The number of hydrogen-bond acceptors (Lipinski definition) is 0. The second-order valence-corrected chi connectivity index (χ2v) is 5.47. The molecule has 0 bridgehead atoms. The summed E-state index contributed by atoms with van der Waals surface area (Å²) >= 11 is -11.1. The predicted molar refractivity (Wildman–Crippen MR) is 22.6 cm³/mol. The molecule has 14 heteroatoms. The van der Waals surface area contributed by atoms with Gasteiger partial charge in [-0.05, 0) is 0 Å². The van der Waals surface area contributed by atoms with Crippen molar-refractivity contribution in [2.75, 3.05) is 0 Å². The molecule has 0 N–H and O–H groups in total. The molecule has 0 aromatic rings. The van der Waals surface area contributed by atoms with Gasteiger partial charge in [-0.3, -0.25) is 0 Å². The van der Waals surface area contributed by atoms with E-state index in [0.717, 1.165) is 0 Å². The minimum Gasteiger partial charge on any atom is -0.418 e. The Morgan fingerprint density at radius 1 is 0.571 bits per heavy atom. The summed E-state index contributed by atoms with van der Waals surface area (Å²) in [6.45, 7) is 0.